The summed E-state index contributed by atoms with van der Waals surface area (Å²) in [5.74, 6) is 0.301. The van der Waals surface area contributed by atoms with Gasteiger partial charge < -0.3 is 14.5 Å². The summed E-state index contributed by atoms with van der Waals surface area (Å²) in [6.07, 6.45) is 0.242. The third-order valence-electron chi connectivity index (χ3n) is 4.20. The molecule has 126 valence electrons. The van der Waals surface area contributed by atoms with Crippen molar-refractivity contribution in [3.63, 3.8) is 0 Å². The molecule has 3 rings (SSSR count). The summed E-state index contributed by atoms with van der Waals surface area (Å²) < 4.78 is 5.33. The van der Waals surface area contributed by atoms with Gasteiger partial charge in [-0.3, -0.25) is 9.59 Å². The highest BCUT2D eigenvalue weighted by Gasteiger charge is 2.37. The molecule has 1 fully saturated rings. The number of thiophene rings is 1. The van der Waals surface area contributed by atoms with Crippen molar-refractivity contribution < 1.29 is 14.3 Å². The molecule has 24 heavy (non-hydrogen) atoms. The van der Waals surface area contributed by atoms with E-state index in [2.05, 4.69) is 0 Å². The van der Waals surface area contributed by atoms with Crippen LogP contribution in [0.2, 0.25) is 0 Å². The van der Waals surface area contributed by atoms with E-state index in [0.717, 1.165) is 10.6 Å². The third-order valence-corrected chi connectivity index (χ3v) is 5.06. The van der Waals surface area contributed by atoms with E-state index in [1.807, 2.05) is 41.8 Å². The van der Waals surface area contributed by atoms with Gasteiger partial charge >= 0.3 is 0 Å². The Hall–Kier alpha value is -2.34. The minimum Gasteiger partial charge on any atom is -0.495 e. The maximum atomic E-state index is 12.7. The molecule has 0 bridgehead atoms. The fraction of sp³-hybridized carbons (Fsp3) is 0.333. The molecule has 1 unspecified atom stereocenters. The number of hydrogen-bond acceptors (Lipinski definition) is 4. The summed E-state index contributed by atoms with van der Waals surface area (Å²) in [6, 6.07) is 11.4. The Morgan fingerprint density at radius 1 is 1.33 bits per heavy atom. The van der Waals surface area contributed by atoms with Gasteiger partial charge in [0.25, 0.3) is 0 Å². The number of ether oxygens (including phenoxy) is 1. The summed E-state index contributed by atoms with van der Waals surface area (Å²) in [7, 11) is 3.37. The summed E-state index contributed by atoms with van der Waals surface area (Å²) in [4.78, 5) is 29.6. The van der Waals surface area contributed by atoms with Gasteiger partial charge in [-0.1, -0.05) is 18.2 Å². The van der Waals surface area contributed by atoms with Crippen LogP contribution in [0.15, 0.2) is 41.8 Å². The summed E-state index contributed by atoms with van der Waals surface area (Å²) in [5.41, 5.74) is 0.723. The van der Waals surface area contributed by atoms with Crippen molar-refractivity contribution in [3.05, 3.63) is 46.7 Å². The molecule has 0 N–H and O–H groups in total. The smallest absolute Gasteiger partial charge is 0.228 e. The fourth-order valence-electron chi connectivity index (χ4n) is 2.98. The molecule has 1 saturated heterocycles. The Labute approximate surface area is 145 Å². The number of hydrogen-bond donors (Lipinski definition) is 0. The van der Waals surface area contributed by atoms with Crippen LogP contribution < -0.4 is 9.64 Å². The highest BCUT2D eigenvalue weighted by Crippen LogP contribution is 2.33. The first-order chi connectivity index (χ1) is 11.6. The second-order valence-corrected chi connectivity index (χ2v) is 6.88. The first-order valence-corrected chi connectivity index (χ1v) is 8.69. The molecule has 0 aliphatic carbocycles. The molecule has 2 amide bonds. The van der Waals surface area contributed by atoms with Crippen LogP contribution >= 0.6 is 11.3 Å². The molecular weight excluding hydrogens is 324 g/mol. The van der Waals surface area contributed by atoms with E-state index in [0.29, 0.717) is 18.8 Å². The third kappa shape index (κ3) is 3.28. The molecule has 1 aliphatic heterocycles. The van der Waals surface area contributed by atoms with Gasteiger partial charge in [-0.15, -0.1) is 11.3 Å². The largest absolute Gasteiger partial charge is 0.495 e. The highest BCUT2D eigenvalue weighted by molar-refractivity contribution is 7.09. The van der Waals surface area contributed by atoms with Crippen LogP contribution in [0.3, 0.4) is 0 Å². The lowest BCUT2D eigenvalue weighted by atomic mass is 10.1. The molecule has 2 aromatic rings. The van der Waals surface area contributed by atoms with Gasteiger partial charge in [0.2, 0.25) is 11.8 Å². The van der Waals surface area contributed by atoms with Crippen molar-refractivity contribution in [2.24, 2.45) is 5.92 Å². The molecule has 1 aromatic heterocycles. The summed E-state index contributed by atoms with van der Waals surface area (Å²) >= 11 is 1.63. The molecule has 0 radical (unpaired) electrons. The minimum atomic E-state index is -0.313. The van der Waals surface area contributed by atoms with Crippen molar-refractivity contribution in [1.29, 1.82) is 0 Å². The van der Waals surface area contributed by atoms with Gasteiger partial charge in [-0.2, -0.15) is 0 Å². The highest BCUT2D eigenvalue weighted by atomic mass is 32.1. The number of carbonyl (C=O) groups excluding carboxylic acids is 2. The van der Waals surface area contributed by atoms with Gasteiger partial charge in [0.15, 0.2) is 0 Å². The van der Waals surface area contributed by atoms with E-state index in [4.69, 9.17) is 4.74 Å². The van der Waals surface area contributed by atoms with Crippen LogP contribution in [0, 0.1) is 5.92 Å². The molecule has 1 atom stereocenters. The van der Waals surface area contributed by atoms with E-state index >= 15 is 0 Å². The van der Waals surface area contributed by atoms with Gasteiger partial charge in [0.05, 0.1) is 25.3 Å². The van der Waals surface area contributed by atoms with E-state index in [-0.39, 0.29) is 24.2 Å². The van der Waals surface area contributed by atoms with E-state index in [1.54, 1.807) is 35.3 Å². The number of nitrogens with zero attached hydrogens (tertiary/aromatic N) is 2. The van der Waals surface area contributed by atoms with Crippen molar-refractivity contribution in [3.8, 4) is 5.75 Å². The number of anilines is 1. The fourth-order valence-corrected chi connectivity index (χ4v) is 3.74. The van der Waals surface area contributed by atoms with Gasteiger partial charge in [-0.25, -0.2) is 0 Å². The van der Waals surface area contributed by atoms with E-state index < -0.39 is 0 Å². The number of rotatable bonds is 5. The molecular formula is C18H20N2O3S. The standard InChI is InChI=1S/C18H20N2O3S/c1-19(12-14-6-5-9-24-14)18(22)13-10-17(21)20(11-13)15-7-3-4-8-16(15)23-2/h3-9,13H,10-12H2,1-2H3. The average Bonchev–Trinajstić information content (AvgIpc) is 3.23. The minimum absolute atomic E-state index is 0.00847. The lowest BCUT2D eigenvalue weighted by Crippen LogP contribution is -2.34. The van der Waals surface area contributed by atoms with E-state index in [9.17, 15) is 9.59 Å². The summed E-state index contributed by atoms with van der Waals surface area (Å²) in [6.45, 7) is 0.975. The second kappa shape index (κ2) is 7.05. The number of carbonyl (C=O) groups is 2. The van der Waals surface area contributed by atoms with Crippen LogP contribution in [0.1, 0.15) is 11.3 Å². The van der Waals surface area contributed by atoms with Gasteiger partial charge in [0, 0.05) is 24.9 Å². The van der Waals surface area contributed by atoms with E-state index in [1.165, 1.54) is 0 Å². The van der Waals surface area contributed by atoms with Crippen LogP contribution in [0.5, 0.6) is 5.75 Å². The Bertz CT molecular complexity index is 730. The number of para-hydroxylation sites is 2. The maximum absolute atomic E-state index is 12.7. The van der Waals surface area contributed by atoms with Crippen LogP contribution in [0.4, 0.5) is 5.69 Å². The predicted octanol–water partition coefficient (Wildman–Crippen LogP) is 2.77. The first-order valence-electron chi connectivity index (χ1n) is 7.81. The van der Waals surface area contributed by atoms with Crippen molar-refractivity contribution in [2.45, 2.75) is 13.0 Å². The number of amides is 2. The normalized spacial score (nSPS) is 17.2. The molecule has 1 aliphatic rings. The molecule has 5 nitrogen and oxygen atoms in total. The van der Waals surface area contributed by atoms with Crippen molar-refractivity contribution in [1.82, 2.24) is 4.90 Å². The van der Waals surface area contributed by atoms with Gasteiger partial charge in [-0.05, 0) is 23.6 Å². The zero-order valence-corrected chi connectivity index (χ0v) is 14.6. The molecule has 2 heterocycles. The number of methoxy groups -OCH3 is 1. The Morgan fingerprint density at radius 2 is 2.12 bits per heavy atom. The molecule has 6 heteroatoms. The van der Waals surface area contributed by atoms with Crippen LogP contribution in [-0.4, -0.2) is 37.4 Å². The lowest BCUT2D eigenvalue weighted by molar-refractivity contribution is -0.135. The molecule has 0 spiro atoms. The monoisotopic (exact) mass is 344 g/mol. The zero-order chi connectivity index (χ0) is 17.1. The Kier molecular flexibility index (Phi) is 4.85. The molecule has 1 aromatic carbocycles. The average molecular weight is 344 g/mol. The van der Waals surface area contributed by atoms with Crippen LogP contribution in [0.25, 0.3) is 0 Å². The maximum Gasteiger partial charge on any atom is 0.228 e. The predicted molar refractivity (Wildman–Crippen MR) is 94.2 cm³/mol. The Balaban J connectivity index is 1.71. The van der Waals surface area contributed by atoms with Crippen LogP contribution in [-0.2, 0) is 16.1 Å². The SMILES string of the molecule is COc1ccccc1N1CC(C(=O)N(C)Cc2cccs2)CC1=O. The first kappa shape index (κ1) is 16.5. The molecule has 0 saturated carbocycles. The number of benzene rings is 1. The van der Waals surface area contributed by atoms with Gasteiger partial charge in [0.1, 0.15) is 5.75 Å². The van der Waals surface area contributed by atoms with Crippen molar-refractivity contribution in [2.75, 3.05) is 25.6 Å². The van der Waals surface area contributed by atoms with Crippen molar-refractivity contribution >= 4 is 28.8 Å². The lowest BCUT2D eigenvalue weighted by Gasteiger charge is -2.22. The second-order valence-electron chi connectivity index (χ2n) is 5.85. The summed E-state index contributed by atoms with van der Waals surface area (Å²) in [5, 5.41) is 2.00. The Morgan fingerprint density at radius 3 is 2.83 bits per heavy atom. The zero-order valence-electron chi connectivity index (χ0n) is 13.8. The topological polar surface area (TPSA) is 49.9 Å². The quantitative estimate of drug-likeness (QED) is 0.838.